The molecule has 3 rings (SSSR count). The maximum Gasteiger partial charge on any atom is 0.239 e. The van der Waals surface area contributed by atoms with Gasteiger partial charge in [0.05, 0.1) is 16.0 Å². The molecule has 7 heteroatoms. The minimum Gasteiger partial charge on any atom is -0.308 e. The number of aryl methyl sites for hydroxylation is 2. The lowest BCUT2D eigenvalue weighted by Crippen LogP contribution is -2.37. The summed E-state index contributed by atoms with van der Waals surface area (Å²) in [6.45, 7) is 5.40. The minimum atomic E-state index is 0.0650. The topological polar surface area (TPSA) is 36.4 Å². The highest BCUT2D eigenvalue weighted by molar-refractivity contribution is 8.00. The van der Waals surface area contributed by atoms with Crippen molar-refractivity contribution < 1.29 is 4.79 Å². The smallest absolute Gasteiger partial charge is 0.239 e. The third kappa shape index (κ3) is 5.06. The van der Waals surface area contributed by atoms with Gasteiger partial charge in [0.2, 0.25) is 5.91 Å². The number of rotatable bonds is 7. The number of likely N-dealkylation sites (N-methyl/N-ethyl adjacent to an activating group) is 1. The van der Waals surface area contributed by atoms with E-state index in [2.05, 4.69) is 36.1 Å². The van der Waals surface area contributed by atoms with E-state index in [0.29, 0.717) is 17.3 Å². The van der Waals surface area contributed by atoms with Crippen LogP contribution < -0.4 is 4.90 Å². The lowest BCUT2D eigenvalue weighted by molar-refractivity contribution is -0.116. The van der Waals surface area contributed by atoms with Crippen molar-refractivity contribution in [2.24, 2.45) is 0 Å². The number of hydrogen-bond acceptors (Lipinski definition) is 5. The molecule has 28 heavy (non-hydrogen) atoms. The van der Waals surface area contributed by atoms with Crippen LogP contribution in [0.1, 0.15) is 11.1 Å². The summed E-state index contributed by atoms with van der Waals surface area (Å²) in [5.41, 5.74) is 3.05. The second kappa shape index (κ2) is 9.27. The van der Waals surface area contributed by atoms with Crippen LogP contribution >= 0.6 is 34.7 Å². The van der Waals surface area contributed by atoms with Gasteiger partial charge in [0.25, 0.3) is 0 Å². The number of carbonyl (C=O) groups is 1. The Labute approximate surface area is 179 Å². The Balaban J connectivity index is 1.82. The molecule has 1 aromatic heterocycles. The van der Waals surface area contributed by atoms with Crippen molar-refractivity contribution in [3.05, 3.63) is 52.5 Å². The van der Waals surface area contributed by atoms with E-state index in [4.69, 9.17) is 16.6 Å². The molecule has 0 aliphatic rings. The molecule has 148 valence electrons. The summed E-state index contributed by atoms with van der Waals surface area (Å²) in [5, 5.41) is 1.43. The predicted molar refractivity (Wildman–Crippen MR) is 122 cm³/mol. The fourth-order valence-corrected chi connectivity index (χ4v) is 4.68. The Morgan fingerprint density at radius 1 is 1.11 bits per heavy atom. The Morgan fingerprint density at radius 2 is 1.82 bits per heavy atom. The van der Waals surface area contributed by atoms with E-state index in [0.717, 1.165) is 32.4 Å². The van der Waals surface area contributed by atoms with Crippen molar-refractivity contribution in [3.63, 3.8) is 0 Å². The third-order valence-electron chi connectivity index (χ3n) is 4.42. The lowest BCUT2D eigenvalue weighted by atomic mass is 10.2. The molecule has 0 aliphatic heterocycles. The molecule has 0 saturated carbocycles. The molecule has 0 N–H and O–H groups in total. The second-order valence-corrected chi connectivity index (χ2v) is 9.43. The Kier molecular flexibility index (Phi) is 6.99. The largest absolute Gasteiger partial charge is 0.308 e. The maximum absolute atomic E-state index is 13.1. The van der Waals surface area contributed by atoms with E-state index in [9.17, 15) is 4.79 Å². The highest BCUT2D eigenvalue weighted by Gasteiger charge is 2.21. The van der Waals surface area contributed by atoms with Crippen LogP contribution in [-0.4, -0.2) is 48.7 Å². The van der Waals surface area contributed by atoms with Crippen molar-refractivity contribution in [1.82, 2.24) is 9.88 Å². The van der Waals surface area contributed by atoms with Gasteiger partial charge >= 0.3 is 0 Å². The summed E-state index contributed by atoms with van der Waals surface area (Å²) in [6, 6.07) is 12.1. The molecule has 0 bridgehead atoms. The number of thiazole rings is 1. The van der Waals surface area contributed by atoms with Crippen LogP contribution in [0.25, 0.3) is 10.2 Å². The summed E-state index contributed by atoms with van der Waals surface area (Å²) >= 11 is 9.34. The predicted octanol–water partition coefficient (Wildman–Crippen LogP) is 5.25. The van der Waals surface area contributed by atoms with Gasteiger partial charge in [-0.1, -0.05) is 40.6 Å². The molecule has 2 aromatic carbocycles. The van der Waals surface area contributed by atoms with Crippen molar-refractivity contribution in [2.75, 3.05) is 37.8 Å². The van der Waals surface area contributed by atoms with Gasteiger partial charge < -0.3 is 4.90 Å². The molecule has 1 heterocycles. The molecular weight excluding hydrogens is 410 g/mol. The monoisotopic (exact) mass is 433 g/mol. The number of aromatic nitrogens is 1. The van der Waals surface area contributed by atoms with Crippen molar-refractivity contribution >= 4 is 56.0 Å². The first-order valence-corrected chi connectivity index (χ1v) is 11.2. The van der Waals surface area contributed by atoms with E-state index in [1.54, 1.807) is 16.7 Å². The van der Waals surface area contributed by atoms with E-state index in [1.165, 1.54) is 16.9 Å². The van der Waals surface area contributed by atoms with E-state index in [-0.39, 0.29) is 5.91 Å². The molecule has 0 fully saturated rings. The average molecular weight is 434 g/mol. The van der Waals surface area contributed by atoms with E-state index in [1.807, 2.05) is 33.2 Å². The van der Waals surface area contributed by atoms with Crippen molar-refractivity contribution in [3.8, 4) is 0 Å². The Hall–Kier alpha value is -1.60. The number of carbonyl (C=O) groups excluding carboxylic acids is 1. The number of anilines is 1. The fourth-order valence-electron chi connectivity index (χ4n) is 2.69. The van der Waals surface area contributed by atoms with Crippen LogP contribution in [0.4, 0.5) is 5.13 Å². The summed E-state index contributed by atoms with van der Waals surface area (Å²) in [7, 11) is 4.01. The van der Waals surface area contributed by atoms with Gasteiger partial charge in [-0.15, -0.1) is 11.8 Å². The van der Waals surface area contributed by atoms with Gasteiger partial charge in [-0.05, 0) is 57.8 Å². The minimum absolute atomic E-state index is 0.0650. The molecule has 0 saturated heterocycles. The lowest BCUT2D eigenvalue weighted by Gasteiger charge is -2.21. The highest BCUT2D eigenvalue weighted by Crippen LogP contribution is 2.34. The maximum atomic E-state index is 13.1. The number of halogens is 1. The molecule has 1 amide bonds. The Morgan fingerprint density at radius 3 is 2.50 bits per heavy atom. The van der Waals surface area contributed by atoms with Gasteiger partial charge in [0.15, 0.2) is 5.13 Å². The zero-order valence-corrected chi connectivity index (χ0v) is 18.9. The third-order valence-corrected chi connectivity index (χ3v) is 6.87. The van der Waals surface area contributed by atoms with Crippen LogP contribution in [0.15, 0.2) is 41.3 Å². The molecule has 0 radical (unpaired) electrons. The first-order chi connectivity index (χ1) is 13.3. The molecule has 0 spiro atoms. The standard InChI is InChI=1S/C21H24ClN3OS2/c1-14-5-7-16(8-6-14)27-13-19(26)25(12-11-24(3)4)21-23-20-15(2)17(22)9-10-18(20)28-21/h5-10H,11-13H2,1-4H3. The van der Waals surface area contributed by atoms with Gasteiger partial charge in [0.1, 0.15) is 0 Å². The van der Waals surface area contributed by atoms with Crippen LogP contribution in [0.3, 0.4) is 0 Å². The van der Waals surface area contributed by atoms with Crippen LogP contribution in [0, 0.1) is 13.8 Å². The van der Waals surface area contributed by atoms with Crippen molar-refractivity contribution in [1.29, 1.82) is 0 Å². The molecule has 3 aromatic rings. The molecule has 4 nitrogen and oxygen atoms in total. The second-order valence-electron chi connectivity index (χ2n) is 6.97. The first-order valence-electron chi connectivity index (χ1n) is 9.05. The highest BCUT2D eigenvalue weighted by atomic mass is 35.5. The molecule has 0 unspecified atom stereocenters. The van der Waals surface area contributed by atoms with Gasteiger partial charge in [0, 0.05) is 23.0 Å². The first kappa shape index (κ1) is 21.1. The molecule has 0 atom stereocenters. The summed E-state index contributed by atoms with van der Waals surface area (Å²) < 4.78 is 1.05. The molecule has 0 aliphatic carbocycles. The number of benzene rings is 2. The quantitative estimate of drug-likeness (QED) is 0.476. The van der Waals surface area contributed by atoms with Crippen molar-refractivity contribution in [2.45, 2.75) is 18.7 Å². The zero-order valence-electron chi connectivity index (χ0n) is 16.5. The summed E-state index contributed by atoms with van der Waals surface area (Å²) in [6.07, 6.45) is 0. The number of fused-ring (bicyclic) bond motifs is 1. The zero-order chi connectivity index (χ0) is 20.3. The van der Waals surface area contributed by atoms with E-state index >= 15 is 0 Å². The molecular formula is C21H24ClN3OS2. The normalized spacial score (nSPS) is 11.4. The summed E-state index contributed by atoms with van der Waals surface area (Å²) in [5.74, 6) is 0.446. The average Bonchev–Trinajstić information content (AvgIpc) is 3.09. The number of nitrogens with zero attached hydrogens (tertiary/aromatic N) is 3. The SMILES string of the molecule is Cc1ccc(SCC(=O)N(CCN(C)C)c2nc3c(C)c(Cl)ccc3s2)cc1. The van der Waals surface area contributed by atoms with E-state index < -0.39 is 0 Å². The van der Waals surface area contributed by atoms with Crippen LogP contribution in [0.5, 0.6) is 0 Å². The number of hydrogen-bond donors (Lipinski definition) is 0. The summed E-state index contributed by atoms with van der Waals surface area (Å²) in [4.78, 5) is 22.8. The van der Waals surface area contributed by atoms with Crippen LogP contribution in [-0.2, 0) is 4.79 Å². The van der Waals surface area contributed by atoms with Crippen LogP contribution in [0.2, 0.25) is 5.02 Å². The van der Waals surface area contributed by atoms with Gasteiger partial charge in [-0.3, -0.25) is 9.69 Å². The van der Waals surface area contributed by atoms with Gasteiger partial charge in [-0.25, -0.2) is 4.98 Å². The fraction of sp³-hybridized carbons (Fsp3) is 0.333. The van der Waals surface area contributed by atoms with Gasteiger partial charge in [-0.2, -0.15) is 0 Å². The number of amides is 1. The number of thioether (sulfide) groups is 1. The Bertz CT molecular complexity index is 970.